The average molecular weight is 270 g/mol. The van der Waals surface area contributed by atoms with E-state index >= 15 is 0 Å². The number of amides is 1. The third kappa shape index (κ3) is 2.08. The molecule has 2 aromatic carbocycles. The van der Waals surface area contributed by atoms with Crippen LogP contribution in [0.2, 0.25) is 0 Å². The fourth-order valence-electron chi connectivity index (χ4n) is 2.25. The fraction of sp³-hybridized carbons (Fsp3) is 0.133. The molecule has 0 spiro atoms. The molecule has 1 aliphatic heterocycles. The van der Waals surface area contributed by atoms with Crippen LogP contribution in [0, 0.1) is 6.92 Å². The molecule has 0 radical (unpaired) electrons. The second-order valence-electron chi connectivity index (χ2n) is 4.58. The molecule has 2 aromatic rings. The largest absolute Gasteiger partial charge is 0.356 e. The van der Waals surface area contributed by atoms with E-state index in [1.165, 1.54) is 0 Å². The summed E-state index contributed by atoms with van der Waals surface area (Å²) in [7, 11) is 0. The van der Waals surface area contributed by atoms with E-state index in [-0.39, 0.29) is 11.4 Å². The topological polar surface area (TPSA) is 32.3 Å². The van der Waals surface area contributed by atoms with E-state index in [2.05, 4.69) is 17.9 Å². The molecule has 19 heavy (non-hydrogen) atoms. The van der Waals surface area contributed by atoms with Gasteiger partial charge in [0.15, 0.2) is 5.50 Å². The Bertz CT molecular complexity index is 627. The van der Waals surface area contributed by atoms with E-state index in [0.29, 0.717) is 5.56 Å². The highest BCUT2D eigenvalue weighted by Crippen LogP contribution is 2.31. The molecule has 1 unspecified atom stereocenters. The zero-order chi connectivity index (χ0) is 13.4. The molecular formula is C15H14N2OS. The van der Waals surface area contributed by atoms with Gasteiger partial charge < -0.3 is 5.32 Å². The number of nitrogens with zero attached hydrogens (tertiary/aromatic N) is 1. The van der Waals surface area contributed by atoms with Crippen molar-refractivity contribution in [2.75, 3.05) is 10.2 Å². The van der Waals surface area contributed by atoms with E-state index in [1.807, 2.05) is 55.5 Å². The SMILES string of the molecule is Cc1ccc2c(c1)C(=O)N(c1ccccc1)C(S)N2. The molecule has 3 rings (SSSR count). The Kier molecular flexibility index (Phi) is 2.95. The van der Waals surface area contributed by atoms with Crippen LogP contribution in [0.5, 0.6) is 0 Å². The van der Waals surface area contributed by atoms with E-state index < -0.39 is 0 Å². The number of nitrogens with one attached hydrogen (secondary N) is 1. The number of thiol groups is 1. The molecule has 1 N–H and O–H groups in total. The van der Waals surface area contributed by atoms with Gasteiger partial charge >= 0.3 is 0 Å². The van der Waals surface area contributed by atoms with Gasteiger partial charge in [0.2, 0.25) is 0 Å². The monoisotopic (exact) mass is 270 g/mol. The van der Waals surface area contributed by atoms with Gasteiger partial charge in [-0.15, -0.1) is 12.6 Å². The first kappa shape index (κ1) is 12.1. The van der Waals surface area contributed by atoms with Gasteiger partial charge in [-0.05, 0) is 31.2 Å². The summed E-state index contributed by atoms with van der Waals surface area (Å²) in [6.45, 7) is 1.98. The summed E-state index contributed by atoms with van der Waals surface area (Å²) in [6, 6.07) is 15.4. The van der Waals surface area contributed by atoms with Gasteiger partial charge in [-0.25, -0.2) is 0 Å². The van der Waals surface area contributed by atoms with E-state index in [4.69, 9.17) is 0 Å². The Hall–Kier alpha value is -1.94. The average Bonchev–Trinajstić information content (AvgIpc) is 2.41. The summed E-state index contributed by atoms with van der Waals surface area (Å²) < 4.78 is 0. The molecular weight excluding hydrogens is 256 g/mol. The molecule has 96 valence electrons. The molecule has 0 fully saturated rings. The first-order chi connectivity index (χ1) is 9.16. The quantitative estimate of drug-likeness (QED) is 0.779. The van der Waals surface area contributed by atoms with Crippen LogP contribution in [0.1, 0.15) is 15.9 Å². The van der Waals surface area contributed by atoms with Crippen LogP contribution >= 0.6 is 12.6 Å². The van der Waals surface area contributed by atoms with Crippen LogP contribution in [0.25, 0.3) is 0 Å². The second kappa shape index (κ2) is 4.63. The number of anilines is 2. The van der Waals surface area contributed by atoms with Gasteiger partial charge in [0, 0.05) is 11.4 Å². The molecule has 1 heterocycles. The van der Waals surface area contributed by atoms with Crippen molar-refractivity contribution < 1.29 is 4.79 Å². The van der Waals surface area contributed by atoms with Crippen LogP contribution in [-0.4, -0.2) is 11.4 Å². The van der Waals surface area contributed by atoms with Crippen molar-refractivity contribution in [3.05, 3.63) is 59.7 Å². The lowest BCUT2D eigenvalue weighted by molar-refractivity contribution is 0.0983. The zero-order valence-corrected chi connectivity index (χ0v) is 11.4. The highest BCUT2D eigenvalue weighted by atomic mass is 32.1. The first-order valence-electron chi connectivity index (χ1n) is 6.11. The van der Waals surface area contributed by atoms with Crippen LogP contribution in [0.3, 0.4) is 0 Å². The molecule has 0 aromatic heterocycles. The molecule has 1 aliphatic rings. The van der Waals surface area contributed by atoms with Gasteiger partial charge in [-0.2, -0.15) is 0 Å². The Morgan fingerprint density at radius 1 is 1.16 bits per heavy atom. The van der Waals surface area contributed by atoms with Gasteiger partial charge in [0.05, 0.1) is 5.56 Å². The molecule has 1 atom stereocenters. The fourth-order valence-corrected chi connectivity index (χ4v) is 2.63. The Morgan fingerprint density at radius 3 is 2.63 bits per heavy atom. The summed E-state index contributed by atoms with van der Waals surface area (Å²) in [5.74, 6) is -0.0244. The van der Waals surface area contributed by atoms with Crippen LogP contribution in [0.4, 0.5) is 11.4 Å². The normalized spacial score (nSPS) is 17.9. The van der Waals surface area contributed by atoms with Crippen molar-refractivity contribution in [1.82, 2.24) is 0 Å². The lowest BCUT2D eigenvalue weighted by Crippen LogP contribution is -2.46. The van der Waals surface area contributed by atoms with Crippen LogP contribution in [-0.2, 0) is 0 Å². The second-order valence-corrected chi connectivity index (χ2v) is 5.07. The molecule has 3 nitrogen and oxygen atoms in total. The van der Waals surface area contributed by atoms with Crippen molar-refractivity contribution in [2.24, 2.45) is 0 Å². The number of aryl methyl sites for hydroxylation is 1. The van der Waals surface area contributed by atoms with E-state index in [1.54, 1.807) is 4.90 Å². The molecule has 4 heteroatoms. The maximum atomic E-state index is 12.6. The number of rotatable bonds is 1. The highest BCUT2D eigenvalue weighted by molar-refractivity contribution is 7.81. The number of para-hydroxylation sites is 1. The lowest BCUT2D eigenvalue weighted by atomic mass is 10.1. The van der Waals surface area contributed by atoms with Crippen LogP contribution < -0.4 is 10.2 Å². The van der Waals surface area contributed by atoms with Gasteiger partial charge in [0.1, 0.15) is 0 Å². The van der Waals surface area contributed by atoms with Gasteiger partial charge in [-0.1, -0.05) is 29.8 Å². The minimum absolute atomic E-state index is 0.0244. The zero-order valence-electron chi connectivity index (χ0n) is 10.5. The van der Waals surface area contributed by atoms with Crippen LogP contribution in [0.15, 0.2) is 48.5 Å². The predicted molar refractivity (Wildman–Crippen MR) is 80.8 cm³/mol. The third-order valence-electron chi connectivity index (χ3n) is 3.19. The number of hydrogen-bond acceptors (Lipinski definition) is 3. The van der Waals surface area contributed by atoms with E-state index in [0.717, 1.165) is 16.9 Å². The minimum atomic E-state index is -0.356. The first-order valence-corrected chi connectivity index (χ1v) is 6.62. The summed E-state index contributed by atoms with van der Waals surface area (Å²) in [4.78, 5) is 14.3. The van der Waals surface area contributed by atoms with Gasteiger partial charge in [-0.3, -0.25) is 9.69 Å². The highest BCUT2D eigenvalue weighted by Gasteiger charge is 2.30. The van der Waals surface area contributed by atoms with Crippen molar-refractivity contribution in [2.45, 2.75) is 12.4 Å². The number of carbonyl (C=O) groups is 1. The lowest BCUT2D eigenvalue weighted by Gasteiger charge is -2.35. The Balaban J connectivity index is 2.07. The Labute approximate surface area is 117 Å². The number of carbonyl (C=O) groups excluding carboxylic acids is 1. The predicted octanol–water partition coefficient (Wildman–Crippen LogP) is 3.28. The molecule has 0 aliphatic carbocycles. The number of fused-ring (bicyclic) bond motifs is 1. The minimum Gasteiger partial charge on any atom is -0.356 e. The maximum Gasteiger partial charge on any atom is 0.262 e. The van der Waals surface area contributed by atoms with Crippen molar-refractivity contribution in [3.8, 4) is 0 Å². The molecule has 1 amide bonds. The summed E-state index contributed by atoms with van der Waals surface area (Å²) >= 11 is 4.47. The van der Waals surface area contributed by atoms with Crippen molar-refractivity contribution in [3.63, 3.8) is 0 Å². The molecule has 0 saturated carbocycles. The number of benzene rings is 2. The Morgan fingerprint density at radius 2 is 1.89 bits per heavy atom. The smallest absolute Gasteiger partial charge is 0.262 e. The third-order valence-corrected chi connectivity index (χ3v) is 3.55. The van der Waals surface area contributed by atoms with Crippen molar-refractivity contribution in [1.29, 1.82) is 0 Å². The summed E-state index contributed by atoms with van der Waals surface area (Å²) in [5, 5.41) is 3.24. The van der Waals surface area contributed by atoms with Gasteiger partial charge in [0.25, 0.3) is 5.91 Å². The molecule has 0 saturated heterocycles. The summed E-state index contributed by atoms with van der Waals surface area (Å²) in [5.41, 5.74) is 3.08. The van der Waals surface area contributed by atoms with Crippen molar-refractivity contribution >= 4 is 29.9 Å². The van der Waals surface area contributed by atoms with E-state index in [9.17, 15) is 4.79 Å². The molecule has 0 bridgehead atoms. The number of hydrogen-bond donors (Lipinski definition) is 2. The summed E-state index contributed by atoms with van der Waals surface area (Å²) in [6.07, 6.45) is 0. The maximum absolute atomic E-state index is 12.6. The standard InChI is InChI=1S/C15H14N2OS/c1-10-7-8-13-12(9-10)14(18)17(15(19)16-13)11-5-3-2-4-6-11/h2-9,15-16,19H,1H3.